The summed E-state index contributed by atoms with van der Waals surface area (Å²) < 4.78 is 10.3. The molecule has 0 spiro atoms. The van der Waals surface area contributed by atoms with Crippen LogP contribution in [0.1, 0.15) is 25.3 Å². The molecule has 0 aliphatic carbocycles. The fourth-order valence-corrected chi connectivity index (χ4v) is 1.44. The fourth-order valence-electron chi connectivity index (χ4n) is 1.44. The van der Waals surface area contributed by atoms with Gasteiger partial charge in [-0.1, -0.05) is 30.3 Å². The van der Waals surface area contributed by atoms with Crippen LogP contribution in [0.25, 0.3) is 0 Å². The van der Waals surface area contributed by atoms with E-state index in [1.54, 1.807) is 13.8 Å². The van der Waals surface area contributed by atoms with Gasteiger partial charge in [-0.25, -0.2) is 0 Å². The molecule has 0 aliphatic heterocycles. The van der Waals surface area contributed by atoms with Crippen molar-refractivity contribution in [2.24, 2.45) is 0 Å². The van der Waals surface area contributed by atoms with Crippen molar-refractivity contribution < 1.29 is 13.9 Å². The minimum absolute atomic E-state index is 0.233. The van der Waals surface area contributed by atoms with Gasteiger partial charge < -0.3 is 9.15 Å². The van der Waals surface area contributed by atoms with Crippen molar-refractivity contribution in [2.75, 3.05) is 0 Å². The minimum Gasteiger partial charge on any atom is -0.460 e. The van der Waals surface area contributed by atoms with Gasteiger partial charge in [0.15, 0.2) is 0 Å². The number of nitrogens with zero attached hydrogens (tertiary/aromatic N) is 2. The third-order valence-corrected chi connectivity index (χ3v) is 2.62. The van der Waals surface area contributed by atoms with Gasteiger partial charge in [-0.2, -0.15) is 0 Å². The van der Waals surface area contributed by atoms with E-state index in [0.29, 0.717) is 0 Å². The second kappa shape index (κ2) is 5.00. The van der Waals surface area contributed by atoms with E-state index in [2.05, 4.69) is 10.2 Å². The van der Waals surface area contributed by atoms with E-state index in [1.165, 1.54) is 6.39 Å². The SMILES string of the molecule is CC(C)(C(=O)OCc1ccccc1)c1nnco1. The standard InChI is InChI=1S/C13H14N2O3/c1-13(2,11-15-14-9-18-11)12(16)17-8-10-6-4-3-5-7-10/h3-7,9H,8H2,1-2H3. The Bertz CT molecular complexity index is 506. The number of ether oxygens (including phenoxy) is 1. The number of carbonyl (C=O) groups excluding carboxylic acids is 1. The van der Waals surface area contributed by atoms with Crippen molar-refractivity contribution >= 4 is 5.97 Å². The van der Waals surface area contributed by atoms with Gasteiger partial charge in [0.1, 0.15) is 12.0 Å². The maximum Gasteiger partial charge on any atom is 0.321 e. The molecular formula is C13H14N2O3. The molecule has 5 heteroatoms. The highest BCUT2D eigenvalue weighted by Crippen LogP contribution is 2.22. The molecule has 2 aromatic rings. The van der Waals surface area contributed by atoms with Gasteiger partial charge in [-0.3, -0.25) is 4.79 Å². The summed E-state index contributed by atoms with van der Waals surface area (Å²) in [6.07, 6.45) is 1.20. The van der Waals surface area contributed by atoms with E-state index in [0.717, 1.165) is 5.56 Å². The molecular weight excluding hydrogens is 232 g/mol. The highest BCUT2D eigenvalue weighted by atomic mass is 16.5. The molecule has 0 atom stereocenters. The molecule has 0 radical (unpaired) electrons. The monoisotopic (exact) mass is 246 g/mol. The van der Waals surface area contributed by atoms with Gasteiger partial charge in [-0.05, 0) is 19.4 Å². The second-order valence-corrected chi connectivity index (χ2v) is 4.43. The number of hydrogen-bond donors (Lipinski definition) is 0. The van der Waals surface area contributed by atoms with Crippen LogP contribution in [-0.2, 0) is 21.6 Å². The molecule has 0 fully saturated rings. The lowest BCUT2D eigenvalue weighted by atomic mass is 9.94. The van der Waals surface area contributed by atoms with Crippen LogP contribution in [0.5, 0.6) is 0 Å². The number of rotatable bonds is 4. The molecule has 1 aromatic heterocycles. The number of hydrogen-bond acceptors (Lipinski definition) is 5. The molecule has 0 unspecified atom stereocenters. The van der Waals surface area contributed by atoms with Crippen LogP contribution in [0, 0.1) is 0 Å². The molecule has 94 valence electrons. The fraction of sp³-hybridized carbons (Fsp3) is 0.308. The Balaban J connectivity index is 2.00. The number of esters is 1. The summed E-state index contributed by atoms with van der Waals surface area (Å²) in [5.74, 6) is -0.142. The van der Waals surface area contributed by atoms with Crippen LogP contribution >= 0.6 is 0 Å². The molecule has 0 bridgehead atoms. The molecule has 0 amide bonds. The zero-order chi connectivity index (χ0) is 13.0. The van der Waals surface area contributed by atoms with Crippen LogP contribution < -0.4 is 0 Å². The maximum absolute atomic E-state index is 12.0. The summed E-state index contributed by atoms with van der Waals surface area (Å²) in [5.41, 5.74) is -0.00200. The van der Waals surface area contributed by atoms with Crippen molar-refractivity contribution in [1.82, 2.24) is 10.2 Å². The van der Waals surface area contributed by atoms with Crippen LogP contribution in [0.2, 0.25) is 0 Å². The van der Waals surface area contributed by atoms with Gasteiger partial charge in [-0.15, -0.1) is 10.2 Å². The van der Waals surface area contributed by atoms with Gasteiger partial charge in [0.25, 0.3) is 0 Å². The van der Waals surface area contributed by atoms with E-state index < -0.39 is 11.4 Å². The summed E-state index contributed by atoms with van der Waals surface area (Å²) >= 11 is 0. The number of benzene rings is 1. The first-order valence-electron chi connectivity index (χ1n) is 5.58. The Labute approximate surface area is 105 Å². The molecule has 1 aromatic carbocycles. The Morgan fingerprint density at radius 3 is 2.67 bits per heavy atom. The highest BCUT2D eigenvalue weighted by Gasteiger charge is 2.36. The quantitative estimate of drug-likeness (QED) is 0.773. The third kappa shape index (κ3) is 2.56. The predicted molar refractivity (Wildman–Crippen MR) is 63.6 cm³/mol. The Hall–Kier alpha value is -2.17. The lowest BCUT2D eigenvalue weighted by Gasteiger charge is -2.18. The normalized spacial score (nSPS) is 11.2. The Kier molecular flexibility index (Phi) is 3.41. The van der Waals surface area contributed by atoms with E-state index >= 15 is 0 Å². The van der Waals surface area contributed by atoms with Crippen LogP contribution in [-0.4, -0.2) is 16.2 Å². The number of aromatic nitrogens is 2. The van der Waals surface area contributed by atoms with Crippen molar-refractivity contribution in [3.63, 3.8) is 0 Å². The first kappa shape index (κ1) is 12.3. The summed E-state index contributed by atoms with van der Waals surface area (Å²) in [7, 11) is 0. The van der Waals surface area contributed by atoms with E-state index in [-0.39, 0.29) is 12.5 Å². The first-order valence-corrected chi connectivity index (χ1v) is 5.58. The summed E-state index contributed by atoms with van der Waals surface area (Å²) in [6, 6.07) is 9.49. The van der Waals surface area contributed by atoms with Gasteiger partial charge in [0, 0.05) is 0 Å². The molecule has 5 nitrogen and oxygen atoms in total. The van der Waals surface area contributed by atoms with Crippen molar-refractivity contribution in [1.29, 1.82) is 0 Å². The average Bonchev–Trinajstić information content (AvgIpc) is 2.91. The lowest BCUT2D eigenvalue weighted by molar-refractivity contribution is -0.151. The zero-order valence-electron chi connectivity index (χ0n) is 10.3. The van der Waals surface area contributed by atoms with Crippen LogP contribution in [0.3, 0.4) is 0 Å². The van der Waals surface area contributed by atoms with Gasteiger partial charge in [0.2, 0.25) is 12.3 Å². The maximum atomic E-state index is 12.0. The van der Waals surface area contributed by atoms with Gasteiger partial charge >= 0.3 is 5.97 Å². The van der Waals surface area contributed by atoms with E-state index in [9.17, 15) is 4.79 Å². The van der Waals surface area contributed by atoms with Crippen molar-refractivity contribution in [3.8, 4) is 0 Å². The first-order chi connectivity index (χ1) is 8.60. The zero-order valence-corrected chi connectivity index (χ0v) is 10.3. The Morgan fingerprint density at radius 1 is 1.33 bits per heavy atom. The summed E-state index contributed by atoms with van der Waals surface area (Å²) in [5, 5.41) is 7.31. The molecule has 0 aliphatic rings. The molecule has 1 heterocycles. The van der Waals surface area contributed by atoms with Gasteiger partial charge in [0.05, 0.1) is 0 Å². The highest BCUT2D eigenvalue weighted by molar-refractivity contribution is 5.80. The van der Waals surface area contributed by atoms with Crippen molar-refractivity contribution in [2.45, 2.75) is 25.9 Å². The predicted octanol–water partition coefficient (Wildman–Crippen LogP) is 2.09. The lowest BCUT2D eigenvalue weighted by Crippen LogP contribution is -2.31. The summed E-state index contributed by atoms with van der Waals surface area (Å²) in [6.45, 7) is 3.61. The molecule has 0 saturated carbocycles. The summed E-state index contributed by atoms with van der Waals surface area (Å²) in [4.78, 5) is 12.0. The van der Waals surface area contributed by atoms with Crippen LogP contribution in [0.4, 0.5) is 0 Å². The van der Waals surface area contributed by atoms with Crippen LogP contribution in [0.15, 0.2) is 41.1 Å². The third-order valence-electron chi connectivity index (χ3n) is 2.62. The largest absolute Gasteiger partial charge is 0.460 e. The molecule has 18 heavy (non-hydrogen) atoms. The van der Waals surface area contributed by atoms with E-state index in [4.69, 9.17) is 9.15 Å². The molecule has 0 saturated heterocycles. The average molecular weight is 246 g/mol. The second-order valence-electron chi connectivity index (χ2n) is 4.43. The molecule has 0 N–H and O–H groups in total. The Morgan fingerprint density at radius 2 is 2.06 bits per heavy atom. The number of carbonyl (C=O) groups is 1. The topological polar surface area (TPSA) is 65.2 Å². The minimum atomic E-state index is -0.939. The molecule has 2 rings (SSSR count). The van der Waals surface area contributed by atoms with Crippen molar-refractivity contribution in [3.05, 3.63) is 48.2 Å². The smallest absolute Gasteiger partial charge is 0.321 e. The van der Waals surface area contributed by atoms with E-state index in [1.807, 2.05) is 30.3 Å².